The molecule has 2 rings (SSSR count). The monoisotopic (exact) mass is 373 g/mol. The van der Waals surface area contributed by atoms with Crippen molar-refractivity contribution in [3.05, 3.63) is 51.5 Å². The first-order valence-electron chi connectivity index (χ1n) is 9.29. The second-order valence-electron chi connectivity index (χ2n) is 6.50. The number of aromatic nitrogens is 1. The molecule has 2 N–H and O–H groups in total. The maximum Gasteiger partial charge on any atom is 0.191 e. The van der Waals surface area contributed by atoms with Gasteiger partial charge in [0.1, 0.15) is 0 Å². The SMILES string of the molecule is CCNC(=NCc1ccc(CN(C)C)cc1)NCCc1ncc(CC)s1. The molecule has 26 heavy (non-hydrogen) atoms. The van der Waals surface area contributed by atoms with Crippen molar-refractivity contribution in [3.8, 4) is 0 Å². The van der Waals surface area contributed by atoms with E-state index >= 15 is 0 Å². The Labute approximate surface area is 161 Å². The fraction of sp³-hybridized carbons (Fsp3) is 0.500. The number of benzene rings is 1. The minimum absolute atomic E-state index is 0.675. The van der Waals surface area contributed by atoms with E-state index in [1.165, 1.54) is 21.0 Å². The summed E-state index contributed by atoms with van der Waals surface area (Å²) in [5.41, 5.74) is 2.54. The average Bonchev–Trinajstić information content (AvgIpc) is 3.08. The van der Waals surface area contributed by atoms with E-state index in [-0.39, 0.29) is 0 Å². The van der Waals surface area contributed by atoms with E-state index in [0.29, 0.717) is 6.54 Å². The van der Waals surface area contributed by atoms with Gasteiger partial charge in [0.25, 0.3) is 0 Å². The Hall–Kier alpha value is -1.92. The van der Waals surface area contributed by atoms with Crippen LogP contribution in [0.2, 0.25) is 0 Å². The lowest BCUT2D eigenvalue weighted by atomic mass is 10.1. The molecule has 0 saturated heterocycles. The summed E-state index contributed by atoms with van der Waals surface area (Å²) >= 11 is 1.80. The van der Waals surface area contributed by atoms with Crippen molar-refractivity contribution in [3.63, 3.8) is 0 Å². The summed E-state index contributed by atoms with van der Waals surface area (Å²) in [5.74, 6) is 0.858. The van der Waals surface area contributed by atoms with E-state index in [0.717, 1.165) is 38.4 Å². The third-order valence-electron chi connectivity index (χ3n) is 3.87. The summed E-state index contributed by atoms with van der Waals surface area (Å²) in [4.78, 5) is 12.7. The number of aliphatic imine (C=N–C) groups is 1. The maximum absolute atomic E-state index is 4.69. The summed E-state index contributed by atoms with van der Waals surface area (Å²) in [5, 5.41) is 7.89. The molecule has 1 heterocycles. The van der Waals surface area contributed by atoms with Crippen LogP contribution in [-0.2, 0) is 25.9 Å². The van der Waals surface area contributed by atoms with Crippen molar-refractivity contribution in [2.45, 2.75) is 39.8 Å². The topological polar surface area (TPSA) is 52.6 Å². The Balaban J connectivity index is 1.85. The quantitative estimate of drug-likeness (QED) is 0.524. The van der Waals surface area contributed by atoms with E-state index in [2.05, 4.69) is 72.7 Å². The molecule has 5 nitrogen and oxygen atoms in total. The smallest absolute Gasteiger partial charge is 0.191 e. The van der Waals surface area contributed by atoms with Crippen LogP contribution in [0.25, 0.3) is 0 Å². The second kappa shape index (κ2) is 10.9. The van der Waals surface area contributed by atoms with Crippen LogP contribution in [0.15, 0.2) is 35.5 Å². The summed E-state index contributed by atoms with van der Waals surface area (Å²) in [7, 11) is 4.17. The third-order valence-corrected chi connectivity index (χ3v) is 5.07. The lowest BCUT2D eigenvalue weighted by Gasteiger charge is -2.11. The molecule has 0 saturated carbocycles. The van der Waals surface area contributed by atoms with E-state index in [9.17, 15) is 0 Å². The first-order chi connectivity index (χ1) is 12.6. The molecule has 1 aromatic carbocycles. The summed E-state index contributed by atoms with van der Waals surface area (Å²) < 4.78 is 0. The number of hydrogen-bond donors (Lipinski definition) is 2. The van der Waals surface area contributed by atoms with Crippen molar-refractivity contribution < 1.29 is 0 Å². The Kier molecular flexibility index (Phi) is 8.58. The zero-order valence-electron chi connectivity index (χ0n) is 16.4. The summed E-state index contributed by atoms with van der Waals surface area (Å²) in [6, 6.07) is 8.68. The molecular weight excluding hydrogens is 342 g/mol. The van der Waals surface area contributed by atoms with Gasteiger partial charge < -0.3 is 15.5 Å². The van der Waals surface area contributed by atoms with E-state index < -0.39 is 0 Å². The Morgan fingerprint density at radius 2 is 1.85 bits per heavy atom. The van der Waals surface area contributed by atoms with Gasteiger partial charge in [0.2, 0.25) is 0 Å². The molecule has 0 bridgehead atoms. The lowest BCUT2D eigenvalue weighted by Crippen LogP contribution is -2.38. The predicted molar refractivity (Wildman–Crippen MR) is 112 cm³/mol. The van der Waals surface area contributed by atoms with E-state index in [1.54, 1.807) is 11.3 Å². The molecule has 0 aliphatic rings. The van der Waals surface area contributed by atoms with Gasteiger partial charge in [-0.3, -0.25) is 0 Å². The first-order valence-corrected chi connectivity index (χ1v) is 10.1. The molecule has 0 radical (unpaired) electrons. The molecule has 142 valence electrons. The van der Waals surface area contributed by atoms with Gasteiger partial charge in [-0.2, -0.15) is 0 Å². The summed E-state index contributed by atoms with van der Waals surface area (Å²) in [6.07, 6.45) is 3.97. The van der Waals surface area contributed by atoms with Crippen molar-refractivity contribution >= 4 is 17.3 Å². The molecular formula is C20H31N5S. The molecule has 6 heteroatoms. The van der Waals surface area contributed by atoms with Crippen LogP contribution in [0.3, 0.4) is 0 Å². The number of aryl methyl sites for hydroxylation is 1. The standard InChI is InChI=1S/C20H31N5S/c1-5-18-14-23-19(26-18)11-12-22-20(21-6-2)24-13-16-7-9-17(10-8-16)15-25(3)4/h7-10,14H,5-6,11-13,15H2,1-4H3,(H2,21,22,24). The van der Waals surface area contributed by atoms with E-state index in [1.807, 2.05) is 6.20 Å². The zero-order chi connectivity index (χ0) is 18.8. The maximum atomic E-state index is 4.69. The highest BCUT2D eigenvalue weighted by atomic mass is 32.1. The minimum atomic E-state index is 0.675. The number of nitrogens with zero attached hydrogens (tertiary/aromatic N) is 3. The molecule has 0 atom stereocenters. The van der Waals surface area contributed by atoms with Gasteiger partial charge in [-0.1, -0.05) is 31.2 Å². The molecule has 0 aliphatic heterocycles. The average molecular weight is 374 g/mol. The highest BCUT2D eigenvalue weighted by Crippen LogP contribution is 2.13. The molecule has 0 fully saturated rings. The Bertz CT molecular complexity index is 676. The van der Waals surface area contributed by atoms with Gasteiger partial charge in [-0.15, -0.1) is 11.3 Å². The number of nitrogens with one attached hydrogen (secondary N) is 2. The van der Waals surface area contributed by atoms with Crippen LogP contribution in [0, 0.1) is 0 Å². The zero-order valence-corrected chi connectivity index (χ0v) is 17.2. The molecule has 1 aromatic heterocycles. The molecule has 0 amide bonds. The van der Waals surface area contributed by atoms with Crippen LogP contribution in [0.5, 0.6) is 0 Å². The minimum Gasteiger partial charge on any atom is -0.357 e. The number of hydrogen-bond acceptors (Lipinski definition) is 4. The predicted octanol–water partition coefficient (Wildman–Crippen LogP) is 3.06. The molecule has 0 spiro atoms. The highest BCUT2D eigenvalue weighted by molar-refractivity contribution is 7.11. The molecule has 2 aromatic rings. The molecule has 0 unspecified atom stereocenters. The fourth-order valence-electron chi connectivity index (χ4n) is 2.54. The van der Waals surface area contributed by atoms with Gasteiger partial charge in [0.15, 0.2) is 5.96 Å². The van der Waals surface area contributed by atoms with Crippen LogP contribution >= 0.6 is 11.3 Å². The van der Waals surface area contributed by atoms with Crippen LogP contribution in [-0.4, -0.2) is 43.0 Å². The van der Waals surface area contributed by atoms with Crippen molar-refractivity contribution in [1.29, 1.82) is 0 Å². The van der Waals surface area contributed by atoms with Gasteiger partial charge in [0.05, 0.1) is 11.6 Å². The van der Waals surface area contributed by atoms with Crippen LogP contribution in [0.1, 0.15) is 34.9 Å². The Morgan fingerprint density at radius 1 is 1.12 bits per heavy atom. The van der Waals surface area contributed by atoms with Crippen LogP contribution in [0.4, 0.5) is 0 Å². The van der Waals surface area contributed by atoms with E-state index in [4.69, 9.17) is 4.99 Å². The fourth-order valence-corrected chi connectivity index (χ4v) is 3.40. The van der Waals surface area contributed by atoms with Crippen LogP contribution < -0.4 is 10.6 Å². The van der Waals surface area contributed by atoms with Gasteiger partial charge >= 0.3 is 0 Å². The largest absolute Gasteiger partial charge is 0.357 e. The van der Waals surface area contributed by atoms with Crippen molar-refractivity contribution in [1.82, 2.24) is 20.5 Å². The normalized spacial score (nSPS) is 11.8. The van der Waals surface area contributed by atoms with Gasteiger partial charge in [-0.25, -0.2) is 9.98 Å². The first kappa shape index (κ1) is 20.4. The van der Waals surface area contributed by atoms with Gasteiger partial charge in [0, 0.05) is 37.1 Å². The van der Waals surface area contributed by atoms with Gasteiger partial charge in [-0.05, 0) is 38.6 Å². The second-order valence-corrected chi connectivity index (χ2v) is 7.70. The molecule has 0 aliphatic carbocycles. The number of guanidine groups is 1. The van der Waals surface area contributed by atoms with Crippen molar-refractivity contribution in [2.75, 3.05) is 27.2 Å². The Morgan fingerprint density at radius 3 is 2.46 bits per heavy atom. The van der Waals surface area contributed by atoms with Crippen molar-refractivity contribution in [2.24, 2.45) is 4.99 Å². The summed E-state index contributed by atoms with van der Waals surface area (Å²) in [6.45, 7) is 7.58. The number of thiazole rings is 1. The highest BCUT2D eigenvalue weighted by Gasteiger charge is 2.02. The number of rotatable bonds is 9. The lowest BCUT2D eigenvalue weighted by molar-refractivity contribution is 0.402. The third kappa shape index (κ3) is 7.14.